The van der Waals surface area contributed by atoms with E-state index in [1.165, 1.54) is 70.6 Å². The van der Waals surface area contributed by atoms with E-state index in [2.05, 4.69) is 29.0 Å². The van der Waals surface area contributed by atoms with E-state index in [-0.39, 0.29) is 18.6 Å². The van der Waals surface area contributed by atoms with Crippen molar-refractivity contribution in [2.45, 2.75) is 187 Å². The van der Waals surface area contributed by atoms with Crippen molar-refractivity contribution >= 4 is 33.4 Å². The quantitative estimate of drug-likeness (QED) is 0.0149. The first-order valence-electron chi connectivity index (χ1n) is 21.0. The molecule has 0 radical (unpaired) electrons. The zero-order valence-corrected chi connectivity index (χ0v) is 36.0. The molecule has 0 aliphatic heterocycles. The molecule has 0 rings (SSSR count). The van der Waals surface area contributed by atoms with E-state index >= 15 is 0 Å². The summed E-state index contributed by atoms with van der Waals surface area (Å²) >= 11 is 0. The number of carbonyl (C=O) groups is 3. The van der Waals surface area contributed by atoms with Gasteiger partial charge in [0.1, 0.15) is 12.7 Å². The van der Waals surface area contributed by atoms with Crippen LogP contribution in [0.1, 0.15) is 174 Å². The summed E-state index contributed by atoms with van der Waals surface area (Å²) in [4.78, 5) is 64.6. The monoisotopic (exact) mass is 840 g/mol. The molecule has 0 saturated heterocycles. The predicted molar refractivity (Wildman–Crippen MR) is 217 cm³/mol. The Bertz CT molecular complexity index is 1160. The van der Waals surface area contributed by atoms with Gasteiger partial charge in [-0.1, -0.05) is 141 Å². The summed E-state index contributed by atoms with van der Waals surface area (Å²) in [6.07, 6.45) is 28.5. The van der Waals surface area contributed by atoms with E-state index in [1.807, 2.05) is 6.08 Å². The van der Waals surface area contributed by atoms with E-state index < -0.39 is 66.2 Å². The first-order chi connectivity index (χ1) is 26.8. The van der Waals surface area contributed by atoms with Gasteiger partial charge in [0.15, 0.2) is 11.9 Å². The molecule has 14 nitrogen and oxygen atoms in total. The number of rotatable bonds is 40. The van der Waals surface area contributed by atoms with Crippen LogP contribution < -0.4 is 0 Å². The van der Waals surface area contributed by atoms with Crippen molar-refractivity contribution in [1.82, 2.24) is 0 Å². The van der Waals surface area contributed by atoms with Gasteiger partial charge < -0.3 is 29.3 Å². The molecule has 0 spiro atoms. The van der Waals surface area contributed by atoms with Gasteiger partial charge in [-0.3, -0.25) is 28.0 Å². The van der Waals surface area contributed by atoms with Gasteiger partial charge in [-0.25, -0.2) is 9.13 Å². The third-order valence-corrected chi connectivity index (χ3v) is 10.2. The lowest BCUT2D eigenvalue weighted by Crippen LogP contribution is -2.30. The smallest absolute Gasteiger partial charge is 0.462 e. The van der Waals surface area contributed by atoms with Crippen molar-refractivity contribution < 1.29 is 66.3 Å². The van der Waals surface area contributed by atoms with Crippen LogP contribution in [-0.2, 0) is 46.6 Å². The van der Waals surface area contributed by atoms with Gasteiger partial charge in [0.25, 0.3) is 0 Å². The number of aliphatic hydroxyl groups is 1. The molecule has 4 N–H and O–H groups in total. The summed E-state index contributed by atoms with van der Waals surface area (Å²) in [5, 5.41) is 9.73. The normalized spacial score (nSPS) is 14.2. The average molecular weight is 841 g/mol. The first kappa shape index (κ1) is 54.3. The number of unbranched alkanes of at least 4 members (excludes halogenated alkanes) is 19. The Morgan fingerprint density at radius 1 is 0.554 bits per heavy atom. The first-order valence-corrected chi connectivity index (χ1v) is 24.0. The molecule has 1 unspecified atom stereocenters. The van der Waals surface area contributed by atoms with Crippen LogP contribution in [0.25, 0.3) is 0 Å². The van der Waals surface area contributed by atoms with Gasteiger partial charge in [0.05, 0.1) is 19.8 Å². The van der Waals surface area contributed by atoms with Crippen molar-refractivity contribution in [2.75, 3.05) is 26.4 Å². The second kappa shape index (κ2) is 36.4. The topological polar surface area (TPSA) is 212 Å². The number of allylic oxidation sites excluding steroid dienone is 4. The summed E-state index contributed by atoms with van der Waals surface area (Å²) in [5.41, 5.74) is 0. The highest BCUT2D eigenvalue weighted by atomic mass is 31.2. The molecule has 0 amide bonds. The number of hydrogen-bond acceptors (Lipinski definition) is 11. The summed E-state index contributed by atoms with van der Waals surface area (Å²) in [6.45, 7) is 1.57. The Morgan fingerprint density at radius 3 is 1.57 bits per heavy atom. The zero-order chi connectivity index (χ0) is 41.8. The fraction of sp³-hybridized carbons (Fsp3) is 0.825. The fourth-order valence-corrected chi connectivity index (χ4v) is 6.72. The molecule has 0 aliphatic carbocycles. The molecule has 0 heterocycles. The number of phosphoric ester groups is 2. The predicted octanol–water partition coefficient (Wildman–Crippen LogP) is 9.52. The Labute approximate surface area is 336 Å². The lowest BCUT2D eigenvalue weighted by Gasteiger charge is -2.20. The lowest BCUT2D eigenvalue weighted by atomic mass is 10.0. The second-order valence-electron chi connectivity index (χ2n) is 14.3. The SMILES string of the molecule is CCCCC/C=C\C=C\C(=O)CCCCCCCC(=O)O[C@H](COC(=O)CCCCCCCCCCCCCCC)COP(=O)(O)OC[C@@H](O)COP(=O)(O)O. The molecule has 0 saturated carbocycles. The van der Waals surface area contributed by atoms with E-state index in [4.69, 9.17) is 23.8 Å². The molecule has 0 aromatic carbocycles. The van der Waals surface area contributed by atoms with Gasteiger partial charge in [-0.05, 0) is 38.2 Å². The fourth-order valence-electron chi connectivity index (χ4n) is 5.56. The van der Waals surface area contributed by atoms with Gasteiger partial charge in [-0.2, -0.15) is 0 Å². The van der Waals surface area contributed by atoms with Crippen LogP contribution in [0.4, 0.5) is 0 Å². The maximum absolute atomic E-state index is 12.6. The Kier molecular flexibility index (Phi) is 35.2. The number of ether oxygens (including phenoxy) is 2. The van der Waals surface area contributed by atoms with Crippen LogP contribution in [0.3, 0.4) is 0 Å². The van der Waals surface area contributed by atoms with Crippen LogP contribution in [-0.4, -0.2) is 76.1 Å². The molecule has 0 fully saturated rings. The highest BCUT2D eigenvalue weighted by molar-refractivity contribution is 7.47. The second-order valence-corrected chi connectivity index (χ2v) is 17.0. The third-order valence-electron chi connectivity index (χ3n) is 8.81. The van der Waals surface area contributed by atoms with Crippen molar-refractivity contribution in [3.05, 3.63) is 24.3 Å². The van der Waals surface area contributed by atoms with Gasteiger partial charge in [0, 0.05) is 19.3 Å². The maximum Gasteiger partial charge on any atom is 0.472 e. The van der Waals surface area contributed by atoms with Gasteiger partial charge >= 0.3 is 27.6 Å². The molecule has 0 aromatic rings. The summed E-state index contributed by atoms with van der Waals surface area (Å²) in [6, 6.07) is 0. The number of hydrogen-bond donors (Lipinski definition) is 4. The lowest BCUT2D eigenvalue weighted by molar-refractivity contribution is -0.161. The molecular formula is C40H74O14P2. The zero-order valence-electron chi connectivity index (χ0n) is 34.2. The molecule has 0 aliphatic rings. The third kappa shape index (κ3) is 39.1. The number of carbonyl (C=O) groups excluding carboxylic acids is 3. The molecule has 0 aromatic heterocycles. The molecule has 16 heteroatoms. The van der Waals surface area contributed by atoms with Crippen molar-refractivity contribution in [2.24, 2.45) is 0 Å². The molecule has 328 valence electrons. The van der Waals surface area contributed by atoms with E-state index in [0.717, 1.165) is 57.8 Å². The molecule has 3 atom stereocenters. The van der Waals surface area contributed by atoms with Gasteiger partial charge in [-0.15, -0.1) is 0 Å². The standard InChI is InChI=1S/C40H74O14P2/c1-3-5-7-9-11-12-13-14-15-16-18-22-26-30-39(43)50-34-38(35-53-56(48,49)52-33-37(42)32-51-55(45,46)47)54-40(44)31-27-23-19-21-25-29-36(41)28-24-20-17-10-8-6-4-2/h17,20,24,28,37-38,42H,3-16,18-19,21-23,25-27,29-35H2,1-2H3,(H,48,49)(H2,45,46,47)/b20-17-,28-24+/t37-,38+/m0/s1. The largest absolute Gasteiger partial charge is 0.472 e. The highest BCUT2D eigenvalue weighted by Gasteiger charge is 2.28. The van der Waals surface area contributed by atoms with Crippen LogP contribution in [0.15, 0.2) is 24.3 Å². The van der Waals surface area contributed by atoms with Crippen LogP contribution >= 0.6 is 15.6 Å². The van der Waals surface area contributed by atoms with E-state index in [0.29, 0.717) is 19.3 Å². The van der Waals surface area contributed by atoms with E-state index in [1.54, 1.807) is 12.2 Å². The minimum atomic E-state index is -4.87. The van der Waals surface area contributed by atoms with E-state index in [9.17, 15) is 33.5 Å². The molecule has 0 bridgehead atoms. The number of aliphatic hydroxyl groups excluding tert-OH is 1. The summed E-state index contributed by atoms with van der Waals surface area (Å²) < 4.78 is 47.6. The highest BCUT2D eigenvalue weighted by Crippen LogP contribution is 2.43. The van der Waals surface area contributed by atoms with Crippen LogP contribution in [0.2, 0.25) is 0 Å². The Balaban J connectivity index is 4.62. The number of esters is 2. The number of ketones is 1. The van der Waals surface area contributed by atoms with Crippen LogP contribution in [0.5, 0.6) is 0 Å². The average Bonchev–Trinajstić information content (AvgIpc) is 3.15. The minimum absolute atomic E-state index is 0.0503. The maximum atomic E-state index is 12.6. The summed E-state index contributed by atoms with van der Waals surface area (Å²) in [5.74, 6) is -1.04. The summed E-state index contributed by atoms with van der Waals surface area (Å²) in [7, 11) is -9.70. The Hall–Kier alpha value is -1.73. The van der Waals surface area contributed by atoms with Crippen molar-refractivity contribution in [3.63, 3.8) is 0 Å². The van der Waals surface area contributed by atoms with Crippen LogP contribution in [0, 0.1) is 0 Å². The number of phosphoric acid groups is 2. The minimum Gasteiger partial charge on any atom is -0.462 e. The Morgan fingerprint density at radius 2 is 1.02 bits per heavy atom. The van der Waals surface area contributed by atoms with Crippen molar-refractivity contribution in [1.29, 1.82) is 0 Å². The molecular weight excluding hydrogens is 766 g/mol. The van der Waals surface area contributed by atoms with Crippen molar-refractivity contribution in [3.8, 4) is 0 Å². The molecule has 56 heavy (non-hydrogen) atoms. The van der Waals surface area contributed by atoms with Gasteiger partial charge in [0.2, 0.25) is 0 Å².